The minimum atomic E-state index is 0.612. The maximum Gasteiger partial charge on any atom is 0.129 e. The molecule has 0 atom stereocenters. The summed E-state index contributed by atoms with van der Waals surface area (Å²) in [6.07, 6.45) is 1.82. The van der Waals surface area contributed by atoms with Crippen molar-refractivity contribution in [3.05, 3.63) is 29.1 Å². The van der Waals surface area contributed by atoms with Gasteiger partial charge in [-0.25, -0.2) is 0 Å². The zero-order chi connectivity index (χ0) is 15.1. The summed E-state index contributed by atoms with van der Waals surface area (Å²) in [4.78, 5) is 8.92. The smallest absolute Gasteiger partial charge is 0.129 e. The summed E-state index contributed by atoms with van der Waals surface area (Å²) < 4.78 is 0. The number of amidine groups is 1. The highest BCUT2D eigenvalue weighted by Crippen LogP contribution is 2.11. The van der Waals surface area contributed by atoms with E-state index in [4.69, 9.17) is 5.41 Å². The fraction of sp³-hybridized carbons (Fsp3) is 0.625. The quantitative estimate of drug-likeness (QED) is 0.667. The third kappa shape index (κ3) is 4.04. The molecule has 0 amide bonds. The lowest BCUT2D eigenvalue weighted by molar-refractivity contribution is 0.189. The number of nitrogens with one attached hydrogen (secondary N) is 1. The first-order valence-electron chi connectivity index (χ1n) is 7.61. The highest BCUT2D eigenvalue weighted by Gasteiger charge is 2.19. The molecule has 1 aliphatic rings. The summed E-state index contributed by atoms with van der Waals surface area (Å²) in [5.74, 6) is 0.612. The number of rotatable bonds is 2. The number of hydrogen-bond donors (Lipinski definition) is 1. The highest BCUT2D eigenvalue weighted by molar-refractivity contribution is 5.96. The van der Waals surface area contributed by atoms with Crippen LogP contribution in [-0.2, 0) is 0 Å². The van der Waals surface area contributed by atoms with Crippen LogP contribution >= 0.6 is 0 Å². The first kappa shape index (κ1) is 16.6. The van der Waals surface area contributed by atoms with Crippen LogP contribution in [0.15, 0.2) is 12.3 Å². The van der Waals surface area contributed by atoms with E-state index in [1.807, 2.05) is 33.9 Å². The lowest BCUT2D eigenvalue weighted by Gasteiger charge is -2.35. The molecule has 0 bridgehead atoms. The van der Waals surface area contributed by atoms with Crippen LogP contribution in [0, 0.1) is 19.3 Å². The van der Waals surface area contributed by atoms with Crippen LogP contribution in [0.5, 0.6) is 0 Å². The SMILES string of the molecule is CC.CCN1CCN(C(=N)c2cnc(C)c(C)c2)CC1. The summed E-state index contributed by atoms with van der Waals surface area (Å²) in [6.45, 7) is 15.3. The Labute approximate surface area is 123 Å². The second-order valence-electron chi connectivity index (χ2n) is 4.90. The molecule has 1 aromatic heterocycles. The predicted molar refractivity (Wildman–Crippen MR) is 85.6 cm³/mol. The summed E-state index contributed by atoms with van der Waals surface area (Å²) in [5, 5.41) is 8.28. The van der Waals surface area contributed by atoms with Crippen molar-refractivity contribution in [1.82, 2.24) is 14.8 Å². The van der Waals surface area contributed by atoms with Gasteiger partial charge in [0, 0.05) is 43.6 Å². The van der Waals surface area contributed by atoms with E-state index in [1.54, 1.807) is 0 Å². The van der Waals surface area contributed by atoms with Crippen molar-refractivity contribution in [3.63, 3.8) is 0 Å². The van der Waals surface area contributed by atoms with Gasteiger partial charge < -0.3 is 9.80 Å². The number of piperazine rings is 1. The van der Waals surface area contributed by atoms with E-state index in [0.717, 1.165) is 49.5 Å². The van der Waals surface area contributed by atoms with Gasteiger partial charge in [0.05, 0.1) is 0 Å². The van der Waals surface area contributed by atoms with E-state index < -0.39 is 0 Å². The van der Waals surface area contributed by atoms with E-state index in [0.29, 0.717) is 5.84 Å². The number of nitrogens with zero attached hydrogens (tertiary/aromatic N) is 3. The monoisotopic (exact) mass is 276 g/mol. The average Bonchev–Trinajstić information content (AvgIpc) is 2.51. The molecule has 20 heavy (non-hydrogen) atoms. The number of pyridine rings is 1. The molecule has 1 aromatic rings. The molecule has 0 radical (unpaired) electrons. The van der Waals surface area contributed by atoms with Crippen molar-refractivity contribution in [3.8, 4) is 0 Å². The third-order valence-electron chi connectivity index (χ3n) is 3.75. The number of hydrogen-bond acceptors (Lipinski definition) is 3. The molecule has 1 fully saturated rings. The van der Waals surface area contributed by atoms with Crippen molar-refractivity contribution in [2.75, 3.05) is 32.7 Å². The van der Waals surface area contributed by atoms with Crippen molar-refractivity contribution >= 4 is 5.84 Å². The van der Waals surface area contributed by atoms with Gasteiger partial charge >= 0.3 is 0 Å². The van der Waals surface area contributed by atoms with E-state index >= 15 is 0 Å². The van der Waals surface area contributed by atoms with Crippen LogP contribution in [0.3, 0.4) is 0 Å². The Morgan fingerprint density at radius 2 is 1.80 bits per heavy atom. The first-order valence-corrected chi connectivity index (χ1v) is 7.61. The maximum atomic E-state index is 8.28. The van der Waals surface area contributed by atoms with Crippen LogP contribution < -0.4 is 0 Å². The molecule has 112 valence electrons. The molecular formula is C16H28N4. The van der Waals surface area contributed by atoms with Crippen molar-refractivity contribution in [2.45, 2.75) is 34.6 Å². The Hall–Kier alpha value is -1.42. The van der Waals surface area contributed by atoms with Crippen LogP contribution in [-0.4, -0.2) is 53.3 Å². The van der Waals surface area contributed by atoms with Crippen molar-refractivity contribution in [1.29, 1.82) is 5.41 Å². The fourth-order valence-corrected chi connectivity index (χ4v) is 2.24. The van der Waals surface area contributed by atoms with E-state index in [-0.39, 0.29) is 0 Å². The van der Waals surface area contributed by atoms with Gasteiger partial charge in [0.25, 0.3) is 0 Å². The normalized spacial score (nSPS) is 15.6. The highest BCUT2D eigenvalue weighted by atomic mass is 15.3. The predicted octanol–water partition coefficient (Wildman–Crippen LogP) is 2.69. The Bertz CT molecular complexity index is 434. The largest absolute Gasteiger partial charge is 0.354 e. The van der Waals surface area contributed by atoms with Crippen LogP contribution in [0.2, 0.25) is 0 Å². The third-order valence-corrected chi connectivity index (χ3v) is 3.75. The first-order chi connectivity index (χ1) is 9.61. The van der Waals surface area contributed by atoms with E-state index in [1.165, 1.54) is 0 Å². The van der Waals surface area contributed by atoms with Crippen molar-refractivity contribution in [2.24, 2.45) is 0 Å². The average molecular weight is 276 g/mol. The minimum Gasteiger partial charge on any atom is -0.354 e. The zero-order valence-corrected chi connectivity index (χ0v) is 13.5. The van der Waals surface area contributed by atoms with Gasteiger partial charge in [0.15, 0.2) is 0 Å². The summed E-state index contributed by atoms with van der Waals surface area (Å²) in [7, 11) is 0. The molecule has 2 heterocycles. The van der Waals surface area contributed by atoms with Gasteiger partial charge in [0.1, 0.15) is 5.84 Å². The molecule has 0 spiro atoms. The van der Waals surface area contributed by atoms with Gasteiger partial charge in [0.2, 0.25) is 0 Å². The van der Waals surface area contributed by atoms with Gasteiger partial charge in [-0.05, 0) is 32.0 Å². The minimum absolute atomic E-state index is 0.612. The Morgan fingerprint density at radius 3 is 2.30 bits per heavy atom. The Kier molecular flexibility index (Phi) is 6.65. The van der Waals surface area contributed by atoms with Gasteiger partial charge in [-0.15, -0.1) is 0 Å². The number of likely N-dealkylation sites (N-methyl/N-ethyl adjacent to an activating group) is 1. The summed E-state index contributed by atoms with van der Waals surface area (Å²) in [6, 6.07) is 2.07. The lowest BCUT2D eigenvalue weighted by Crippen LogP contribution is -2.48. The zero-order valence-electron chi connectivity index (χ0n) is 13.5. The number of aromatic nitrogens is 1. The van der Waals surface area contributed by atoms with Crippen LogP contribution in [0.1, 0.15) is 37.6 Å². The number of aryl methyl sites for hydroxylation is 2. The molecule has 2 rings (SSSR count). The fourth-order valence-electron chi connectivity index (χ4n) is 2.24. The molecule has 1 N–H and O–H groups in total. The molecule has 4 heteroatoms. The second-order valence-corrected chi connectivity index (χ2v) is 4.90. The van der Waals surface area contributed by atoms with E-state index in [9.17, 15) is 0 Å². The van der Waals surface area contributed by atoms with Crippen LogP contribution in [0.25, 0.3) is 0 Å². The molecule has 0 unspecified atom stereocenters. The van der Waals surface area contributed by atoms with Gasteiger partial charge in [-0.1, -0.05) is 20.8 Å². The van der Waals surface area contributed by atoms with Gasteiger partial charge in [-0.2, -0.15) is 0 Å². The Morgan fingerprint density at radius 1 is 1.20 bits per heavy atom. The van der Waals surface area contributed by atoms with Crippen molar-refractivity contribution < 1.29 is 0 Å². The topological polar surface area (TPSA) is 43.2 Å². The molecule has 0 aromatic carbocycles. The molecule has 1 saturated heterocycles. The standard InChI is InChI=1S/C14H22N4.C2H6/c1-4-17-5-7-18(8-6-17)14(15)13-9-11(2)12(3)16-10-13;1-2/h9-10,15H,4-8H2,1-3H3;1-2H3. The maximum absolute atomic E-state index is 8.28. The Balaban J connectivity index is 0.000000956. The summed E-state index contributed by atoms with van der Waals surface area (Å²) >= 11 is 0. The lowest BCUT2D eigenvalue weighted by atomic mass is 10.1. The second kappa shape index (κ2) is 8.00. The van der Waals surface area contributed by atoms with Gasteiger partial charge in [-0.3, -0.25) is 10.4 Å². The van der Waals surface area contributed by atoms with Crippen LogP contribution in [0.4, 0.5) is 0 Å². The van der Waals surface area contributed by atoms with E-state index in [2.05, 4.69) is 27.8 Å². The molecular weight excluding hydrogens is 248 g/mol. The summed E-state index contributed by atoms with van der Waals surface area (Å²) in [5.41, 5.74) is 3.13. The molecule has 0 saturated carbocycles. The molecule has 4 nitrogen and oxygen atoms in total. The molecule has 1 aliphatic heterocycles. The molecule has 0 aliphatic carbocycles.